The Kier molecular flexibility index (Phi) is 6.21. The van der Waals surface area contributed by atoms with Gasteiger partial charge in [0.2, 0.25) is 5.13 Å². The number of nitrogens with one attached hydrogen (secondary N) is 1. The van der Waals surface area contributed by atoms with E-state index in [0.29, 0.717) is 45.0 Å². The molecular formula is C19H18BrN5O4S. The molecule has 0 bridgehead atoms. The number of aromatic nitrogens is 4. The van der Waals surface area contributed by atoms with E-state index >= 15 is 0 Å². The Morgan fingerprint density at radius 1 is 1.27 bits per heavy atom. The lowest BCUT2D eigenvalue weighted by Gasteiger charge is -2.13. The molecule has 1 N–H and O–H groups in total. The van der Waals surface area contributed by atoms with E-state index in [1.807, 2.05) is 13.0 Å². The van der Waals surface area contributed by atoms with E-state index in [1.54, 1.807) is 19.4 Å². The van der Waals surface area contributed by atoms with Gasteiger partial charge in [-0.2, -0.15) is 0 Å². The Morgan fingerprint density at radius 3 is 2.90 bits per heavy atom. The van der Waals surface area contributed by atoms with E-state index < -0.39 is 0 Å². The minimum absolute atomic E-state index is 0.0352. The SMILES string of the molecule is COc1cnc(Br)cc1-c1cc(C)ncc1C(=O)Nc1nnc(O[C@H]2CCOC2)s1. The third kappa shape index (κ3) is 4.58. The monoisotopic (exact) mass is 491 g/mol. The van der Waals surface area contributed by atoms with Gasteiger partial charge in [0.25, 0.3) is 11.1 Å². The maximum absolute atomic E-state index is 13.0. The van der Waals surface area contributed by atoms with Gasteiger partial charge in [-0.15, -0.1) is 5.10 Å². The van der Waals surface area contributed by atoms with Crippen LogP contribution in [-0.2, 0) is 4.74 Å². The van der Waals surface area contributed by atoms with Crippen molar-refractivity contribution in [2.75, 3.05) is 25.6 Å². The number of methoxy groups -OCH3 is 1. The predicted octanol–water partition coefficient (Wildman–Crippen LogP) is 3.49. The minimum Gasteiger partial charge on any atom is -0.494 e. The lowest BCUT2D eigenvalue weighted by atomic mass is 10.0. The molecule has 0 saturated carbocycles. The predicted molar refractivity (Wildman–Crippen MR) is 114 cm³/mol. The van der Waals surface area contributed by atoms with E-state index in [0.717, 1.165) is 29.0 Å². The summed E-state index contributed by atoms with van der Waals surface area (Å²) in [6, 6.07) is 3.62. The number of rotatable bonds is 6. The molecule has 156 valence electrons. The Morgan fingerprint density at radius 2 is 2.13 bits per heavy atom. The topological polar surface area (TPSA) is 108 Å². The normalized spacial score (nSPS) is 15.8. The van der Waals surface area contributed by atoms with Gasteiger partial charge in [-0.1, -0.05) is 5.10 Å². The van der Waals surface area contributed by atoms with Gasteiger partial charge in [-0.25, -0.2) is 4.98 Å². The molecule has 1 aliphatic rings. The van der Waals surface area contributed by atoms with Crippen LogP contribution in [0.1, 0.15) is 22.5 Å². The third-order valence-electron chi connectivity index (χ3n) is 4.41. The largest absolute Gasteiger partial charge is 0.494 e. The molecule has 0 aromatic carbocycles. The fourth-order valence-corrected chi connectivity index (χ4v) is 3.96. The van der Waals surface area contributed by atoms with Gasteiger partial charge >= 0.3 is 0 Å². The number of carbonyl (C=O) groups excluding carboxylic acids is 1. The van der Waals surface area contributed by atoms with Crippen molar-refractivity contribution in [3.63, 3.8) is 0 Å². The van der Waals surface area contributed by atoms with Crippen LogP contribution in [0, 0.1) is 6.92 Å². The van der Waals surface area contributed by atoms with E-state index in [-0.39, 0.29) is 12.0 Å². The van der Waals surface area contributed by atoms with Crippen molar-refractivity contribution in [3.05, 3.63) is 40.4 Å². The molecule has 1 amide bonds. The molecule has 1 saturated heterocycles. The summed E-state index contributed by atoms with van der Waals surface area (Å²) >= 11 is 4.54. The van der Waals surface area contributed by atoms with Crippen molar-refractivity contribution in [1.82, 2.24) is 20.2 Å². The first kappa shape index (κ1) is 20.6. The van der Waals surface area contributed by atoms with Crippen molar-refractivity contribution in [2.24, 2.45) is 0 Å². The number of carbonyl (C=O) groups is 1. The fraction of sp³-hybridized carbons (Fsp3) is 0.316. The van der Waals surface area contributed by atoms with Crippen LogP contribution in [0.3, 0.4) is 0 Å². The zero-order valence-electron chi connectivity index (χ0n) is 16.2. The molecule has 1 fully saturated rings. The van der Waals surface area contributed by atoms with E-state index in [9.17, 15) is 4.79 Å². The van der Waals surface area contributed by atoms with Crippen LogP contribution < -0.4 is 14.8 Å². The number of anilines is 1. The van der Waals surface area contributed by atoms with Gasteiger partial charge in [0.15, 0.2) is 0 Å². The van der Waals surface area contributed by atoms with Crippen LogP contribution in [0.5, 0.6) is 10.9 Å². The Balaban J connectivity index is 1.59. The van der Waals surface area contributed by atoms with Crippen LogP contribution in [0.15, 0.2) is 29.1 Å². The molecule has 4 rings (SSSR count). The van der Waals surface area contributed by atoms with E-state index in [4.69, 9.17) is 14.2 Å². The smallest absolute Gasteiger partial charge is 0.296 e. The van der Waals surface area contributed by atoms with E-state index in [2.05, 4.69) is 41.4 Å². The average molecular weight is 492 g/mol. The van der Waals surface area contributed by atoms with Crippen LogP contribution in [0.2, 0.25) is 0 Å². The number of pyridine rings is 2. The maximum atomic E-state index is 13.0. The summed E-state index contributed by atoms with van der Waals surface area (Å²) in [4.78, 5) is 21.5. The second-order valence-electron chi connectivity index (χ2n) is 6.51. The molecular weight excluding hydrogens is 474 g/mol. The van der Waals surface area contributed by atoms with Gasteiger partial charge < -0.3 is 14.2 Å². The molecule has 0 spiro atoms. The van der Waals surface area contributed by atoms with Gasteiger partial charge in [0.05, 0.1) is 32.1 Å². The first-order valence-electron chi connectivity index (χ1n) is 9.09. The average Bonchev–Trinajstić information content (AvgIpc) is 3.40. The quantitative estimate of drug-likeness (QED) is 0.521. The number of hydrogen-bond donors (Lipinski definition) is 1. The number of halogens is 1. The second-order valence-corrected chi connectivity index (χ2v) is 8.26. The van der Waals surface area contributed by atoms with Gasteiger partial charge in [0, 0.05) is 29.4 Å². The minimum atomic E-state index is -0.362. The molecule has 1 aliphatic heterocycles. The first-order chi connectivity index (χ1) is 14.5. The number of hydrogen-bond acceptors (Lipinski definition) is 9. The van der Waals surface area contributed by atoms with Crippen molar-refractivity contribution >= 4 is 38.3 Å². The zero-order valence-corrected chi connectivity index (χ0v) is 18.6. The number of aryl methyl sites for hydroxylation is 1. The van der Waals surface area contributed by atoms with Crippen LogP contribution in [-0.4, -0.2) is 52.5 Å². The molecule has 3 aromatic heterocycles. The molecule has 9 nitrogen and oxygen atoms in total. The van der Waals surface area contributed by atoms with Gasteiger partial charge in [0.1, 0.15) is 16.5 Å². The summed E-state index contributed by atoms with van der Waals surface area (Å²) in [6.07, 6.45) is 3.90. The van der Waals surface area contributed by atoms with Crippen molar-refractivity contribution in [3.8, 4) is 22.1 Å². The van der Waals surface area contributed by atoms with Gasteiger partial charge in [-0.3, -0.25) is 15.1 Å². The number of amides is 1. The lowest BCUT2D eigenvalue weighted by molar-refractivity contribution is 0.102. The van der Waals surface area contributed by atoms with Crippen LogP contribution in [0.25, 0.3) is 11.1 Å². The highest BCUT2D eigenvalue weighted by Crippen LogP contribution is 2.34. The second kappa shape index (κ2) is 9.02. The summed E-state index contributed by atoms with van der Waals surface area (Å²) in [5.41, 5.74) is 2.53. The maximum Gasteiger partial charge on any atom is 0.296 e. The molecule has 4 heterocycles. The van der Waals surface area contributed by atoms with Crippen molar-refractivity contribution in [2.45, 2.75) is 19.4 Å². The zero-order chi connectivity index (χ0) is 21.1. The molecule has 30 heavy (non-hydrogen) atoms. The highest BCUT2D eigenvalue weighted by atomic mass is 79.9. The third-order valence-corrected chi connectivity index (χ3v) is 5.57. The summed E-state index contributed by atoms with van der Waals surface area (Å²) in [5, 5.41) is 11.5. The first-order valence-corrected chi connectivity index (χ1v) is 10.7. The number of nitrogens with zero attached hydrogens (tertiary/aromatic N) is 4. The standard InChI is InChI=1S/C19H18BrN5O4S/c1-10-5-12(13-6-16(20)22-8-15(13)27-2)14(7-21-10)17(26)23-18-24-25-19(30-18)29-11-3-4-28-9-11/h5-8,11H,3-4,9H2,1-2H3,(H,23,24,26)/t11-/m0/s1. The van der Waals surface area contributed by atoms with Crippen molar-refractivity contribution < 1.29 is 19.0 Å². The molecule has 11 heteroatoms. The molecule has 0 unspecified atom stereocenters. The van der Waals surface area contributed by atoms with E-state index in [1.165, 1.54) is 6.20 Å². The van der Waals surface area contributed by atoms with Gasteiger partial charge in [-0.05, 0) is 46.3 Å². The number of ether oxygens (including phenoxy) is 3. The summed E-state index contributed by atoms with van der Waals surface area (Å²) in [6.45, 7) is 3.06. The summed E-state index contributed by atoms with van der Waals surface area (Å²) in [7, 11) is 1.56. The molecule has 0 radical (unpaired) electrons. The highest BCUT2D eigenvalue weighted by molar-refractivity contribution is 9.10. The van der Waals surface area contributed by atoms with Crippen molar-refractivity contribution in [1.29, 1.82) is 0 Å². The van der Waals surface area contributed by atoms with Crippen LogP contribution >= 0.6 is 27.3 Å². The Hall–Kier alpha value is -2.63. The fourth-order valence-electron chi connectivity index (χ4n) is 2.97. The molecule has 0 aliphatic carbocycles. The summed E-state index contributed by atoms with van der Waals surface area (Å²) in [5.74, 6) is 0.183. The Labute approximate surface area is 185 Å². The molecule has 3 aromatic rings. The Bertz CT molecular complexity index is 1070. The lowest BCUT2D eigenvalue weighted by Crippen LogP contribution is -2.15. The van der Waals surface area contributed by atoms with Crippen LogP contribution in [0.4, 0.5) is 5.13 Å². The molecule has 1 atom stereocenters. The highest BCUT2D eigenvalue weighted by Gasteiger charge is 2.21. The summed E-state index contributed by atoms with van der Waals surface area (Å²) < 4.78 is 17.1.